The molecule has 2 aromatic carbocycles. The minimum absolute atomic E-state index is 0.0213. The highest BCUT2D eigenvalue weighted by atomic mass is 35.5. The molecule has 1 heterocycles. The number of ether oxygens (including phenoxy) is 1. The van der Waals surface area contributed by atoms with Crippen LogP contribution in [0.3, 0.4) is 0 Å². The molecule has 3 rings (SSSR count). The first-order valence-electron chi connectivity index (χ1n) is 8.54. The van der Waals surface area contributed by atoms with Gasteiger partial charge in [-0.15, -0.1) is 0 Å². The molecule has 0 amide bonds. The van der Waals surface area contributed by atoms with Crippen molar-refractivity contribution in [2.75, 3.05) is 7.11 Å². The van der Waals surface area contributed by atoms with Gasteiger partial charge in [-0.3, -0.25) is 4.98 Å². The lowest BCUT2D eigenvalue weighted by atomic mass is 9.90. The van der Waals surface area contributed by atoms with Crippen LogP contribution in [-0.4, -0.2) is 17.2 Å². The van der Waals surface area contributed by atoms with Crippen LogP contribution in [0.15, 0.2) is 49.0 Å². The van der Waals surface area contributed by atoms with Gasteiger partial charge in [0.15, 0.2) is 0 Å². The van der Waals surface area contributed by atoms with Crippen LogP contribution < -0.4 is 4.74 Å². The Morgan fingerprint density at radius 3 is 2.62 bits per heavy atom. The Morgan fingerprint density at radius 1 is 1.23 bits per heavy atom. The topological polar surface area (TPSA) is 42.4 Å². The van der Waals surface area contributed by atoms with Crippen LogP contribution in [0.2, 0.25) is 5.02 Å². The highest BCUT2D eigenvalue weighted by Crippen LogP contribution is 2.35. The molecular weight excluding hydrogens is 346 g/mol. The summed E-state index contributed by atoms with van der Waals surface area (Å²) < 4.78 is 5.50. The van der Waals surface area contributed by atoms with Crippen molar-refractivity contribution in [2.24, 2.45) is 0 Å². The number of methoxy groups -OCH3 is 1. The van der Waals surface area contributed by atoms with E-state index in [1.807, 2.05) is 42.5 Å². The summed E-state index contributed by atoms with van der Waals surface area (Å²) in [7, 11) is 1.66. The van der Waals surface area contributed by atoms with Crippen molar-refractivity contribution in [2.45, 2.75) is 26.2 Å². The smallest absolute Gasteiger partial charge is 0.122 e. The molecule has 3 nitrogen and oxygen atoms in total. The van der Waals surface area contributed by atoms with Crippen LogP contribution in [0.4, 0.5) is 0 Å². The summed E-state index contributed by atoms with van der Waals surface area (Å²) in [4.78, 5) is 4.77. The van der Waals surface area contributed by atoms with E-state index in [-0.39, 0.29) is 11.7 Å². The molecule has 0 fully saturated rings. The number of aromatic nitrogens is 1. The quantitative estimate of drug-likeness (QED) is 0.551. The number of benzene rings is 2. The lowest BCUT2D eigenvalue weighted by Crippen LogP contribution is -2.07. The largest absolute Gasteiger partial charge is 0.508 e. The number of aliphatic hydroxyl groups is 1. The van der Waals surface area contributed by atoms with E-state index in [2.05, 4.69) is 20.4 Å². The number of rotatable bonds is 5. The van der Waals surface area contributed by atoms with E-state index in [1.165, 1.54) is 0 Å². The van der Waals surface area contributed by atoms with Crippen molar-refractivity contribution in [3.8, 4) is 5.75 Å². The molecule has 0 unspecified atom stereocenters. The Balaban J connectivity index is 2.34. The molecule has 0 atom stereocenters. The van der Waals surface area contributed by atoms with Crippen LogP contribution in [0.1, 0.15) is 42.1 Å². The highest BCUT2D eigenvalue weighted by molar-refractivity contribution is 6.31. The van der Waals surface area contributed by atoms with Gasteiger partial charge in [0.1, 0.15) is 11.5 Å². The zero-order valence-electron chi connectivity index (χ0n) is 15.2. The minimum Gasteiger partial charge on any atom is -0.508 e. The predicted octanol–water partition coefficient (Wildman–Crippen LogP) is 6.14. The van der Waals surface area contributed by atoms with Crippen molar-refractivity contribution in [1.82, 2.24) is 4.98 Å². The fourth-order valence-electron chi connectivity index (χ4n) is 3.29. The number of halogens is 1. The Kier molecular flexibility index (Phi) is 5.19. The second-order valence-electron chi connectivity index (χ2n) is 6.60. The van der Waals surface area contributed by atoms with E-state index in [0.29, 0.717) is 17.0 Å². The summed E-state index contributed by atoms with van der Waals surface area (Å²) in [6.45, 7) is 7.91. The van der Waals surface area contributed by atoms with Crippen LogP contribution >= 0.6 is 11.6 Å². The van der Waals surface area contributed by atoms with Gasteiger partial charge in [0.2, 0.25) is 0 Å². The molecule has 4 heteroatoms. The zero-order chi connectivity index (χ0) is 18.8. The van der Waals surface area contributed by atoms with E-state index in [0.717, 1.165) is 33.5 Å². The Labute approximate surface area is 158 Å². The van der Waals surface area contributed by atoms with Crippen molar-refractivity contribution in [1.29, 1.82) is 0 Å². The summed E-state index contributed by atoms with van der Waals surface area (Å²) in [6, 6.07) is 13.5. The van der Waals surface area contributed by atoms with Gasteiger partial charge in [-0.2, -0.15) is 0 Å². The zero-order valence-corrected chi connectivity index (χ0v) is 16.0. The fraction of sp³-hybridized carbons (Fsp3) is 0.227. The van der Waals surface area contributed by atoms with Crippen LogP contribution in [0, 0.1) is 0 Å². The second-order valence-corrected chi connectivity index (χ2v) is 7.04. The molecule has 0 bridgehead atoms. The van der Waals surface area contributed by atoms with Crippen molar-refractivity contribution >= 4 is 28.3 Å². The van der Waals surface area contributed by atoms with Crippen molar-refractivity contribution in [3.63, 3.8) is 0 Å². The maximum atomic E-state index is 10.4. The maximum absolute atomic E-state index is 10.4. The van der Waals surface area contributed by atoms with Gasteiger partial charge in [-0.25, -0.2) is 0 Å². The molecule has 1 N–H and O–H groups in total. The Morgan fingerprint density at radius 2 is 1.96 bits per heavy atom. The number of pyridine rings is 1. The Bertz CT molecular complexity index is 979. The summed E-state index contributed by atoms with van der Waals surface area (Å²) in [5, 5.41) is 11.9. The monoisotopic (exact) mass is 367 g/mol. The standard InChI is InChI=1S/C22H22ClNO2/c1-13(2)22-21(14(3)25)18(11-15-7-5-6-8-20(15)26-4)17-12-16(23)9-10-19(17)24-22/h5-10,12-13,25H,3,11H2,1-2,4H3. The third-order valence-corrected chi connectivity index (χ3v) is 4.71. The summed E-state index contributed by atoms with van der Waals surface area (Å²) in [5.41, 5.74) is 4.36. The van der Waals surface area contributed by atoms with Gasteiger partial charge < -0.3 is 9.84 Å². The number of aliphatic hydroxyl groups excluding tert-OH is 1. The molecular formula is C22H22ClNO2. The first kappa shape index (κ1) is 18.3. The van der Waals surface area contributed by atoms with Crippen LogP contribution in [-0.2, 0) is 6.42 Å². The predicted molar refractivity (Wildman–Crippen MR) is 108 cm³/mol. The molecule has 0 saturated heterocycles. The number of nitrogens with zero attached hydrogens (tertiary/aromatic N) is 1. The normalized spacial score (nSPS) is 11.1. The number of para-hydroxylation sites is 1. The molecule has 26 heavy (non-hydrogen) atoms. The van der Waals surface area contributed by atoms with Crippen LogP contribution in [0.25, 0.3) is 16.7 Å². The van der Waals surface area contributed by atoms with Gasteiger partial charge in [0, 0.05) is 22.4 Å². The number of hydrogen-bond acceptors (Lipinski definition) is 3. The number of fused-ring (bicyclic) bond motifs is 1. The van der Waals surface area contributed by atoms with E-state index in [4.69, 9.17) is 21.3 Å². The first-order chi connectivity index (χ1) is 12.4. The lowest BCUT2D eigenvalue weighted by Gasteiger charge is -2.19. The van der Waals surface area contributed by atoms with Crippen molar-refractivity contribution in [3.05, 3.63) is 76.5 Å². The summed E-state index contributed by atoms with van der Waals surface area (Å²) in [5.74, 6) is 0.971. The second kappa shape index (κ2) is 7.38. The van der Waals surface area contributed by atoms with E-state index in [1.54, 1.807) is 7.11 Å². The summed E-state index contributed by atoms with van der Waals surface area (Å²) in [6.07, 6.45) is 0.581. The van der Waals surface area contributed by atoms with Gasteiger partial charge in [0.25, 0.3) is 0 Å². The molecule has 0 saturated carbocycles. The third-order valence-electron chi connectivity index (χ3n) is 4.48. The van der Waals surface area contributed by atoms with Gasteiger partial charge in [-0.1, -0.05) is 50.2 Å². The molecule has 0 aliphatic carbocycles. The van der Waals surface area contributed by atoms with Crippen LogP contribution in [0.5, 0.6) is 5.75 Å². The van der Waals surface area contributed by atoms with Gasteiger partial charge >= 0.3 is 0 Å². The van der Waals surface area contributed by atoms with Gasteiger partial charge in [-0.05, 0) is 41.3 Å². The molecule has 0 aliphatic heterocycles. The highest BCUT2D eigenvalue weighted by Gasteiger charge is 2.20. The van der Waals surface area contributed by atoms with E-state index >= 15 is 0 Å². The van der Waals surface area contributed by atoms with E-state index < -0.39 is 0 Å². The molecule has 134 valence electrons. The minimum atomic E-state index is 0.0213. The van der Waals surface area contributed by atoms with Gasteiger partial charge in [0.05, 0.1) is 18.3 Å². The molecule has 1 aromatic heterocycles. The molecule has 0 radical (unpaired) electrons. The molecule has 0 spiro atoms. The van der Waals surface area contributed by atoms with Crippen molar-refractivity contribution < 1.29 is 9.84 Å². The number of hydrogen-bond donors (Lipinski definition) is 1. The third kappa shape index (κ3) is 3.40. The first-order valence-corrected chi connectivity index (χ1v) is 8.92. The summed E-state index contributed by atoms with van der Waals surface area (Å²) >= 11 is 6.25. The SMILES string of the molecule is C=C(O)c1c(C(C)C)nc2ccc(Cl)cc2c1Cc1ccccc1OC. The lowest BCUT2D eigenvalue weighted by molar-refractivity contribution is 0.410. The van der Waals surface area contributed by atoms with E-state index in [9.17, 15) is 5.11 Å². The average Bonchev–Trinajstić information content (AvgIpc) is 2.61. The molecule has 3 aromatic rings. The Hall–Kier alpha value is -2.52. The molecule has 0 aliphatic rings. The maximum Gasteiger partial charge on any atom is 0.122 e. The average molecular weight is 368 g/mol. The fourth-order valence-corrected chi connectivity index (χ4v) is 3.46.